The Balaban J connectivity index is 1.82. The number of anilines is 1. The molecular formula is C30H33N2Te+. The van der Waals surface area contributed by atoms with Crippen LogP contribution in [-0.2, 0) is 12.8 Å². The Hall–Kier alpha value is -2.08. The molecular weight excluding hydrogens is 516 g/mol. The quantitative estimate of drug-likeness (QED) is 0.177. The molecule has 0 bridgehead atoms. The number of aryl methyl sites for hydroxylation is 5. The molecule has 4 aliphatic rings. The molecule has 3 aliphatic heterocycles. The number of benzene rings is 3. The van der Waals surface area contributed by atoms with Crippen LogP contribution in [0.5, 0.6) is 0 Å². The predicted octanol–water partition coefficient (Wildman–Crippen LogP) is 5.32. The average Bonchev–Trinajstić information content (AvgIpc) is 2.78. The number of hydrogen-bond acceptors (Lipinski definition) is 1. The van der Waals surface area contributed by atoms with Crippen LogP contribution in [0.3, 0.4) is 0 Å². The van der Waals surface area contributed by atoms with Crippen molar-refractivity contribution in [2.45, 2.75) is 46.5 Å². The summed E-state index contributed by atoms with van der Waals surface area (Å²) in [4.78, 5) is 2.71. The van der Waals surface area contributed by atoms with Gasteiger partial charge < -0.3 is 0 Å². The fourth-order valence-electron chi connectivity index (χ4n) is 6.31. The van der Waals surface area contributed by atoms with Gasteiger partial charge in [-0.3, -0.25) is 0 Å². The second kappa shape index (κ2) is 8.00. The zero-order valence-corrected chi connectivity index (χ0v) is 22.8. The van der Waals surface area contributed by atoms with Crippen LogP contribution in [0.25, 0.3) is 29.1 Å². The van der Waals surface area contributed by atoms with E-state index in [1.807, 2.05) is 0 Å². The van der Waals surface area contributed by atoms with Crippen LogP contribution in [0.15, 0.2) is 36.4 Å². The van der Waals surface area contributed by atoms with Crippen molar-refractivity contribution < 1.29 is 0 Å². The van der Waals surface area contributed by atoms with E-state index in [-0.39, 0.29) is 0 Å². The van der Waals surface area contributed by atoms with Crippen molar-refractivity contribution in [1.29, 1.82) is 0 Å². The van der Waals surface area contributed by atoms with E-state index in [1.165, 1.54) is 77.5 Å². The van der Waals surface area contributed by atoms with Crippen molar-refractivity contribution in [2.24, 2.45) is 0 Å². The Morgan fingerprint density at radius 3 is 2.30 bits per heavy atom. The summed E-state index contributed by atoms with van der Waals surface area (Å²) < 4.78 is 5.59. The Labute approximate surface area is 207 Å². The van der Waals surface area contributed by atoms with E-state index in [0.717, 1.165) is 0 Å². The topological polar surface area (TPSA) is 6.25 Å². The third-order valence-electron chi connectivity index (χ3n) is 7.63. The minimum absolute atomic E-state index is 0.448. The summed E-state index contributed by atoms with van der Waals surface area (Å²) in [6.07, 6.45) is 5.09. The van der Waals surface area contributed by atoms with Crippen LogP contribution in [-0.4, -0.2) is 47.6 Å². The third-order valence-corrected chi connectivity index (χ3v) is 11.1. The molecule has 2 aromatic rings. The van der Waals surface area contributed by atoms with E-state index in [4.69, 9.17) is 0 Å². The Morgan fingerprint density at radius 2 is 1.58 bits per heavy atom. The molecule has 0 saturated carbocycles. The SMILES string of the molecule is Cc1cc(C)c(-c2c3ccc(=[N+](C)C)cc-3[te]c3c4c5c(cc23)CCCN5CCC4)c(C)c1. The summed E-state index contributed by atoms with van der Waals surface area (Å²) in [6, 6.07) is 14.6. The van der Waals surface area contributed by atoms with Gasteiger partial charge in [0.2, 0.25) is 0 Å². The first kappa shape index (κ1) is 21.5. The molecule has 2 aromatic carbocycles. The van der Waals surface area contributed by atoms with Gasteiger partial charge in [-0.05, 0) is 0 Å². The summed E-state index contributed by atoms with van der Waals surface area (Å²) in [5, 5.41) is 2.89. The first-order valence-electron chi connectivity index (χ1n) is 12.3. The van der Waals surface area contributed by atoms with E-state index < -0.39 is 20.4 Å². The molecule has 0 spiro atoms. The second-order valence-corrected chi connectivity index (χ2v) is 13.3. The first-order valence-corrected chi connectivity index (χ1v) is 14.6. The maximum atomic E-state index is 2.71. The van der Waals surface area contributed by atoms with Crippen LogP contribution >= 0.6 is 0 Å². The van der Waals surface area contributed by atoms with Crippen LogP contribution in [0.1, 0.15) is 40.7 Å². The fraction of sp³-hybridized carbons (Fsp3) is 0.367. The van der Waals surface area contributed by atoms with Gasteiger partial charge in [-0.15, -0.1) is 0 Å². The molecule has 0 fully saturated rings. The van der Waals surface area contributed by atoms with Gasteiger partial charge in [0.15, 0.2) is 0 Å². The van der Waals surface area contributed by atoms with Crippen LogP contribution < -0.4 is 14.8 Å². The average molecular weight is 549 g/mol. The maximum absolute atomic E-state index is 2.71. The monoisotopic (exact) mass is 551 g/mol. The molecule has 1 aliphatic carbocycles. The molecule has 168 valence electrons. The molecule has 0 amide bonds. The molecule has 2 nitrogen and oxygen atoms in total. The molecule has 0 saturated heterocycles. The standard InChI is InChI=1S/C30H33N2Te/c1-18-14-19(2)27(20(3)15-18)28-23-11-10-22(31(4)5)17-26(23)33-30-24-9-7-13-32-12-6-8-21(29(24)32)16-25(28)30/h10-11,14-17H,6-9,12-13H2,1-5H3/q+1. The molecule has 6 rings (SSSR count). The molecule has 0 N–H and O–H groups in total. The molecule has 0 atom stereocenters. The van der Waals surface area contributed by atoms with Crippen molar-refractivity contribution in [1.82, 2.24) is 4.58 Å². The summed E-state index contributed by atoms with van der Waals surface area (Å²) in [6.45, 7) is 9.33. The van der Waals surface area contributed by atoms with E-state index in [0.29, 0.717) is 0 Å². The van der Waals surface area contributed by atoms with E-state index >= 15 is 0 Å². The van der Waals surface area contributed by atoms with Crippen molar-refractivity contribution in [3.63, 3.8) is 0 Å². The molecule has 3 heteroatoms. The van der Waals surface area contributed by atoms with Gasteiger partial charge in [0.1, 0.15) is 0 Å². The van der Waals surface area contributed by atoms with Gasteiger partial charge in [0.05, 0.1) is 0 Å². The minimum atomic E-state index is -0.448. The van der Waals surface area contributed by atoms with Gasteiger partial charge >= 0.3 is 208 Å². The van der Waals surface area contributed by atoms with Crippen LogP contribution in [0.2, 0.25) is 0 Å². The van der Waals surface area contributed by atoms with E-state index in [2.05, 4.69) is 80.7 Å². The molecule has 0 radical (unpaired) electrons. The Kier molecular flexibility index (Phi) is 5.20. The molecule has 3 heterocycles. The number of fused-ring (bicyclic) bond motifs is 3. The fourth-order valence-corrected chi connectivity index (χ4v) is 9.94. The normalized spacial score (nSPS) is 15.2. The summed E-state index contributed by atoms with van der Waals surface area (Å²) in [5.41, 5.74) is 13.6. The molecule has 0 aromatic heterocycles. The number of nitrogens with zero attached hydrogens (tertiary/aromatic N) is 2. The first-order chi connectivity index (χ1) is 15.9. The summed E-state index contributed by atoms with van der Waals surface area (Å²) in [7, 11) is 4.33. The Morgan fingerprint density at radius 1 is 0.848 bits per heavy atom. The van der Waals surface area contributed by atoms with Crippen LogP contribution in [0.4, 0.5) is 5.69 Å². The van der Waals surface area contributed by atoms with Crippen molar-refractivity contribution in [3.05, 3.63) is 69.6 Å². The van der Waals surface area contributed by atoms with E-state index in [9.17, 15) is 0 Å². The van der Waals surface area contributed by atoms with Gasteiger partial charge in [0, 0.05) is 0 Å². The number of hydrogen-bond donors (Lipinski definition) is 0. The summed E-state index contributed by atoms with van der Waals surface area (Å²) in [5.74, 6) is 0. The van der Waals surface area contributed by atoms with Gasteiger partial charge in [-0.1, -0.05) is 0 Å². The van der Waals surface area contributed by atoms with Crippen molar-refractivity contribution in [2.75, 3.05) is 32.1 Å². The van der Waals surface area contributed by atoms with E-state index in [1.54, 1.807) is 29.2 Å². The van der Waals surface area contributed by atoms with Gasteiger partial charge in [-0.2, -0.15) is 0 Å². The van der Waals surface area contributed by atoms with Gasteiger partial charge in [-0.25, -0.2) is 0 Å². The third kappa shape index (κ3) is 3.39. The predicted molar refractivity (Wildman–Crippen MR) is 143 cm³/mol. The Bertz CT molecular complexity index is 1440. The molecule has 0 unspecified atom stereocenters. The number of rotatable bonds is 1. The second-order valence-electron chi connectivity index (χ2n) is 10.3. The zero-order chi connectivity index (χ0) is 22.9. The zero-order valence-electron chi connectivity index (χ0n) is 20.5. The van der Waals surface area contributed by atoms with Crippen LogP contribution in [0, 0.1) is 20.8 Å². The van der Waals surface area contributed by atoms with Gasteiger partial charge in [0.25, 0.3) is 0 Å². The summed E-state index contributed by atoms with van der Waals surface area (Å²) >= 11 is -0.448. The molecule has 33 heavy (non-hydrogen) atoms. The van der Waals surface area contributed by atoms with Crippen molar-refractivity contribution in [3.8, 4) is 20.3 Å². The van der Waals surface area contributed by atoms with Crippen molar-refractivity contribution >= 4 is 34.9 Å².